The van der Waals surface area contributed by atoms with Crippen LogP contribution >= 0.6 is 11.6 Å². The summed E-state index contributed by atoms with van der Waals surface area (Å²) in [6.45, 7) is -0.292. The molecule has 1 aliphatic heterocycles. The number of urea groups is 2. The van der Waals surface area contributed by atoms with Gasteiger partial charge in [-0.2, -0.15) is 0 Å². The first kappa shape index (κ1) is 12.4. The van der Waals surface area contributed by atoms with Gasteiger partial charge in [0.15, 0.2) is 0 Å². The molecule has 7 heteroatoms. The summed E-state index contributed by atoms with van der Waals surface area (Å²) in [4.78, 5) is 36.0. The van der Waals surface area contributed by atoms with E-state index in [2.05, 4.69) is 0 Å². The first-order valence-electron chi connectivity index (χ1n) is 5.15. The average molecular weight is 268 g/mol. The summed E-state index contributed by atoms with van der Waals surface area (Å²) in [5.74, 6) is -0.473. The molecule has 0 radical (unpaired) electrons. The van der Waals surface area contributed by atoms with E-state index in [0.29, 0.717) is 15.5 Å². The van der Waals surface area contributed by atoms with Crippen molar-refractivity contribution in [2.75, 3.05) is 6.54 Å². The smallest absolute Gasteiger partial charge is 0.335 e. The molecule has 1 aromatic carbocycles. The average Bonchev–Trinajstić information content (AvgIpc) is 2.60. The molecule has 0 spiro atoms. The molecule has 0 atom stereocenters. The molecule has 0 aliphatic carbocycles. The van der Waals surface area contributed by atoms with Crippen molar-refractivity contribution >= 4 is 29.6 Å². The van der Waals surface area contributed by atoms with Crippen molar-refractivity contribution in [1.29, 1.82) is 0 Å². The molecule has 18 heavy (non-hydrogen) atoms. The van der Waals surface area contributed by atoms with E-state index in [-0.39, 0.29) is 13.1 Å². The molecule has 2 N–H and O–H groups in total. The minimum atomic E-state index is -0.935. The van der Waals surface area contributed by atoms with E-state index < -0.39 is 18.0 Å². The number of imide groups is 2. The number of halogens is 1. The van der Waals surface area contributed by atoms with Gasteiger partial charge in [0.25, 0.3) is 5.91 Å². The normalized spacial score (nSPS) is 15.4. The minimum absolute atomic E-state index is 0.0289. The Balaban J connectivity index is 2.20. The van der Waals surface area contributed by atoms with Crippen LogP contribution in [0.2, 0.25) is 5.02 Å². The fourth-order valence-corrected chi connectivity index (χ4v) is 1.86. The van der Waals surface area contributed by atoms with Gasteiger partial charge in [-0.05, 0) is 11.6 Å². The Labute approximate surface area is 108 Å². The largest absolute Gasteiger partial charge is 0.351 e. The van der Waals surface area contributed by atoms with Crippen molar-refractivity contribution in [1.82, 2.24) is 9.80 Å². The highest BCUT2D eigenvalue weighted by Gasteiger charge is 2.38. The molecular formula is C11H10ClN3O3. The van der Waals surface area contributed by atoms with Crippen molar-refractivity contribution in [2.45, 2.75) is 6.54 Å². The highest BCUT2D eigenvalue weighted by atomic mass is 35.5. The third-order valence-electron chi connectivity index (χ3n) is 2.61. The Morgan fingerprint density at radius 2 is 2.00 bits per heavy atom. The molecular weight excluding hydrogens is 258 g/mol. The quantitative estimate of drug-likeness (QED) is 0.817. The predicted molar refractivity (Wildman–Crippen MR) is 63.7 cm³/mol. The maximum Gasteiger partial charge on any atom is 0.335 e. The summed E-state index contributed by atoms with van der Waals surface area (Å²) >= 11 is 5.94. The number of carbonyl (C=O) groups excluding carboxylic acids is 3. The third kappa shape index (κ3) is 2.14. The number of hydrogen-bond acceptors (Lipinski definition) is 3. The van der Waals surface area contributed by atoms with Gasteiger partial charge in [0.05, 0.1) is 6.54 Å². The molecule has 2 rings (SSSR count). The number of primary amides is 1. The summed E-state index contributed by atoms with van der Waals surface area (Å²) in [6.07, 6.45) is 0. The van der Waals surface area contributed by atoms with E-state index in [1.807, 2.05) is 0 Å². The molecule has 1 fully saturated rings. The second-order valence-electron chi connectivity index (χ2n) is 3.78. The number of carbonyl (C=O) groups is 3. The van der Waals surface area contributed by atoms with Gasteiger partial charge in [0.2, 0.25) is 0 Å². The van der Waals surface area contributed by atoms with Crippen LogP contribution in [0.1, 0.15) is 5.56 Å². The second kappa shape index (κ2) is 4.66. The Bertz CT molecular complexity index is 532. The van der Waals surface area contributed by atoms with Gasteiger partial charge < -0.3 is 5.73 Å². The Morgan fingerprint density at radius 1 is 1.33 bits per heavy atom. The van der Waals surface area contributed by atoms with Gasteiger partial charge in [-0.25, -0.2) is 14.5 Å². The molecule has 1 saturated heterocycles. The SMILES string of the molecule is NC(=O)N1CC(=O)N(Cc2ccccc2Cl)C1=O. The van der Waals surface area contributed by atoms with E-state index in [0.717, 1.165) is 4.90 Å². The lowest BCUT2D eigenvalue weighted by Gasteiger charge is -2.15. The van der Waals surface area contributed by atoms with Crippen LogP contribution in [0.3, 0.4) is 0 Å². The van der Waals surface area contributed by atoms with Gasteiger partial charge >= 0.3 is 12.1 Å². The number of rotatable bonds is 2. The maximum absolute atomic E-state index is 11.8. The van der Waals surface area contributed by atoms with Crippen LogP contribution in [0.15, 0.2) is 24.3 Å². The predicted octanol–water partition coefficient (Wildman–Crippen LogP) is 1.18. The van der Waals surface area contributed by atoms with E-state index in [9.17, 15) is 14.4 Å². The zero-order chi connectivity index (χ0) is 13.3. The van der Waals surface area contributed by atoms with Crippen LogP contribution < -0.4 is 5.73 Å². The van der Waals surface area contributed by atoms with Crippen LogP contribution in [0, 0.1) is 0 Å². The summed E-state index contributed by atoms with van der Waals surface area (Å²) in [5, 5.41) is 0.454. The van der Waals surface area contributed by atoms with Crippen molar-refractivity contribution in [3.05, 3.63) is 34.9 Å². The van der Waals surface area contributed by atoms with Crippen LogP contribution in [0.5, 0.6) is 0 Å². The fraction of sp³-hybridized carbons (Fsp3) is 0.182. The third-order valence-corrected chi connectivity index (χ3v) is 2.98. The van der Waals surface area contributed by atoms with E-state index in [4.69, 9.17) is 17.3 Å². The van der Waals surface area contributed by atoms with Gasteiger partial charge in [0, 0.05) is 5.02 Å². The van der Waals surface area contributed by atoms with Gasteiger partial charge in [0.1, 0.15) is 6.54 Å². The zero-order valence-electron chi connectivity index (χ0n) is 9.30. The molecule has 0 saturated carbocycles. The lowest BCUT2D eigenvalue weighted by Crippen LogP contribution is -2.39. The molecule has 0 unspecified atom stereocenters. The first-order chi connectivity index (χ1) is 8.50. The summed E-state index contributed by atoms with van der Waals surface area (Å²) < 4.78 is 0. The highest BCUT2D eigenvalue weighted by molar-refractivity contribution is 6.31. The van der Waals surface area contributed by atoms with Crippen LogP contribution in [0.4, 0.5) is 9.59 Å². The Hall–Kier alpha value is -2.08. The molecule has 0 bridgehead atoms. The maximum atomic E-state index is 11.8. The Kier molecular flexibility index (Phi) is 3.20. The van der Waals surface area contributed by atoms with Gasteiger partial charge in [-0.15, -0.1) is 0 Å². The molecule has 5 amide bonds. The van der Waals surface area contributed by atoms with Crippen LogP contribution in [0.25, 0.3) is 0 Å². The first-order valence-corrected chi connectivity index (χ1v) is 5.53. The molecule has 1 heterocycles. The van der Waals surface area contributed by atoms with Gasteiger partial charge in [-0.3, -0.25) is 9.69 Å². The van der Waals surface area contributed by atoms with Gasteiger partial charge in [-0.1, -0.05) is 29.8 Å². The second-order valence-corrected chi connectivity index (χ2v) is 4.19. The number of amides is 5. The number of nitrogens with two attached hydrogens (primary N) is 1. The molecule has 1 aliphatic rings. The van der Waals surface area contributed by atoms with Crippen LogP contribution in [-0.2, 0) is 11.3 Å². The number of benzene rings is 1. The van der Waals surface area contributed by atoms with Crippen molar-refractivity contribution in [3.8, 4) is 0 Å². The Morgan fingerprint density at radius 3 is 2.56 bits per heavy atom. The van der Waals surface area contributed by atoms with Crippen molar-refractivity contribution in [2.24, 2.45) is 5.73 Å². The number of hydrogen-bond donors (Lipinski definition) is 1. The monoisotopic (exact) mass is 267 g/mol. The lowest BCUT2D eigenvalue weighted by molar-refractivity contribution is -0.125. The topological polar surface area (TPSA) is 83.7 Å². The summed E-state index contributed by atoms with van der Waals surface area (Å²) in [6, 6.07) is 5.21. The van der Waals surface area contributed by atoms with E-state index in [1.165, 1.54) is 0 Å². The number of nitrogens with zero attached hydrogens (tertiary/aromatic N) is 2. The highest BCUT2D eigenvalue weighted by Crippen LogP contribution is 2.20. The van der Waals surface area contributed by atoms with Crippen molar-refractivity contribution < 1.29 is 14.4 Å². The summed E-state index contributed by atoms with van der Waals surface area (Å²) in [7, 11) is 0. The molecule has 94 valence electrons. The van der Waals surface area contributed by atoms with Crippen molar-refractivity contribution in [3.63, 3.8) is 0 Å². The van der Waals surface area contributed by atoms with E-state index in [1.54, 1.807) is 24.3 Å². The fourth-order valence-electron chi connectivity index (χ4n) is 1.67. The molecule has 6 nitrogen and oxygen atoms in total. The molecule has 1 aromatic rings. The lowest BCUT2D eigenvalue weighted by atomic mass is 10.2. The summed E-state index contributed by atoms with van der Waals surface area (Å²) in [5.41, 5.74) is 5.63. The minimum Gasteiger partial charge on any atom is -0.351 e. The standard InChI is InChI=1S/C11H10ClN3O3/c12-8-4-2-1-3-7(8)5-14-9(16)6-15(10(13)17)11(14)18/h1-4H,5-6H2,(H2,13,17). The zero-order valence-corrected chi connectivity index (χ0v) is 10.1. The van der Waals surface area contributed by atoms with Crippen LogP contribution in [-0.4, -0.2) is 34.3 Å². The van der Waals surface area contributed by atoms with E-state index >= 15 is 0 Å². The molecule has 0 aromatic heterocycles.